The van der Waals surface area contributed by atoms with E-state index in [0.717, 1.165) is 39.4 Å². The second kappa shape index (κ2) is 7.03. The van der Waals surface area contributed by atoms with Gasteiger partial charge in [0.05, 0.1) is 24.7 Å². The lowest BCUT2D eigenvalue weighted by molar-refractivity contribution is 0.412. The number of ether oxygens (including phenoxy) is 1. The number of nitrogens with zero attached hydrogens (tertiary/aromatic N) is 3. The molecule has 0 atom stereocenters. The quantitative estimate of drug-likeness (QED) is 0.478. The van der Waals surface area contributed by atoms with Gasteiger partial charge in [-0.1, -0.05) is 12.1 Å². The highest BCUT2D eigenvalue weighted by atomic mass is 19.1. The van der Waals surface area contributed by atoms with E-state index in [1.807, 2.05) is 54.1 Å². The first-order valence-corrected chi connectivity index (χ1v) is 8.57. The largest absolute Gasteiger partial charge is 0.496 e. The van der Waals surface area contributed by atoms with Crippen LogP contribution < -0.4 is 4.74 Å². The van der Waals surface area contributed by atoms with Crippen LogP contribution >= 0.6 is 0 Å². The van der Waals surface area contributed by atoms with E-state index in [1.54, 1.807) is 19.4 Å². The second-order valence-corrected chi connectivity index (χ2v) is 6.23. The summed E-state index contributed by atoms with van der Waals surface area (Å²) in [4.78, 5) is 3.71. The fourth-order valence-corrected chi connectivity index (χ4v) is 3.11. The van der Waals surface area contributed by atoms with Crippen LogP contribution in [0.15, 0.2) is 73.1 Å². The van der Waals surface area contributed by atoms with Gasteiger partial charge in [-0.15, -0.1) is 0 Å². The molecule has 0 fully saturated rings. The molecular formula is C22H18FN3O. The summed E-state index contributed by atoms with van der Waals surface area (Å²) in [5.41, 5.74) is 5.92. The third-order valence-electron chi connectivity index (χ3n) is 4.51. The molecule has 5 heteroatoms. The number of hydrogen-bond donors (Lipinski definition) is 0. The van der Waals surface area contributed by atoms with Gasteiger partial charge in [-0.2, -0.15) is 9.49 Å². The lowest BCUT2D eigenvalue weighted by atomic mass is 10.1. The van der Waals surface area contributed by atoms with Gasteiger partial charge in [0.2, 0.25) is 5.95 Å². The van der Waals surface area contributed by atoms with Crippen LogP contribution in [0, 0.1) is 12.9 Å². The van der Waals surface area contributed by atoms with Gasteiger partial charge in [-0.3, -0.25) is 0 Å². The van der Waals surface area contributed by atoms with Crippen molar-refractivity contribution in [1.29, 1.82) is 0 Å². The van der Waals surface area contributed by atoms with E-state index in [9.17, 15) is 4.39 Å². The van der Waals surface area contributed by atoms with E-state index in [4.69, 9.17) is 4.74 Å². The van der Waals surface area contributed by atoms with Crippen LogP contribution in [0.4, 0.5) is 4.39 Å². The molecule has 0 aliphatic rings. The van der Waals surface area contributed by atoms with Crippen molar-refractivity contribution in [1.82, 2.24) is 14.8 Å². The highest BCUT2D eigenvalue weighted by Gasteiger charge is 2.10. The molecule has 0 unspecified atom stereocenters. The van der Waals surface area contributed by atoms with Gasteiger partial charge in [0, 0.05) is 17.3 Å². The standard InChI is InChI=1S/C22H18FN3O/c1-15-13-17(5-9-21(15)27-2)20-11-12-25-26(20)19-7-3-16(4-8-19)18-6-10-22(23)24-14-18/h3-14H,1-2H3. The first-order valence-electron chi connectivity index (χ1n) is 8.57. The number of methoxy groups -OCH3 is 1. The van der Waals surface area contributed by atoms with Crippen molar-refractivity contribution in [2.45, 2.75) is 6.92 Å². The average Bonchev–Trinajstić information content (AvgIpc) is 3.18. The summed E-state index contributed by atoms with van der Waals surface area (Å²) in [6.45, 7) is 2.02. The molecule has 134 valence electrons. The Morgan fingerprint density at radius 1 is 0.889 bits per heavy atom. The van der Waals surface area contributed by atoms with Crippen LogP contribution in [0.1, 0.15) is 5.56 Å². The van der Waals surface area contributed by atoms with Crippen LogP contribution in [-0.2, 0) is 0 Å². The number of rotatable bonds is 4. The maximum absolute atomic E-state index is 13.0. The van der Waals surface area contributed by atoms with Crippen LogP contribution in [0.3, 0.4) is 0 Å². The Morgan fingerprint density at radius 3 is 2.30 bits per heavy atom. The molecule has 0 amide bonds. The van der Waals surface area contributed by atoms with Gasteiger partial charge < -0.3 is 4.74 Å². The molecule has 0 N–H and O–H groups in total. The Morgan fingerprint density at radius 2 is 1.63 bits per heavy atom. The molecule has 2 aromatic carbocycles. The minimum Gasteiger partial charge on any atom is -0.496 e. The van der Waals surface area contributed by atoms with Gasteiger partial charge in [-0.05, 0) is 66.6 Å². The van der Waals surface area contributed by atoms with Gasteiger partial charge >= 0.3 is 0 Å². The van der Waals surface area contributed by atoms with Crippen molar-refractivity contribution in [2.75, 3.05) is 7.11 Å². The summed E-state index contributed by atoms with van der Waals surface area (Å²) >= 11 is 0. The predicted octanol–water partition coefficient (Wildman–Crippen LogP) is 5.06. The smallest absolute Gasteiger partial charge is 0.212 e. The molecule has 0 radical (unpaired) electrons. The molecule has 2 heterocycles. The first kappa shape index (κ1) is 17.0. The number of aryl methyl sites for hydroxylation is 1. The lowest BCUT2D eigenvalue weighted by Crippen LogP contribution is -1.99. The molecule has 27 heavy (non-hydrogen) atoms. The lowest BCUT2D eigenvalue weighted by Gasteiger charge is -2.11. The van der Waals surface area contributed by atoms with Crippen LogP contribution in [0.2, 0.25) is 0 Å². The number of hydrogen-bond acceptors (Lipinski definition) is 3. The maximum atomic E-state index is 13.0. The zero-order valence-corrected chi connectivity index (χ0v) is 15.1. The van der Waals surface area contributed by atoms with Crippen LogP contribution in [0.25, 0.3) is 28.1 Å². The number of halogens is 1. The van der Waals surface area contributed by atoms with E-state index < -0.39 is 5.95 Å². The van der Waals surface area contributed by atoms with E-state index >= 15 is 0 Å². The van der Waals surface area contributed by atoms with Crippen molar-refractivity contribution in [2.24, 2.45) is 0 Å². The fraction of sp³-hybridized carbons (Fsp3) is 0.0909. The van der Waals surface area contributed by atoms with Crippen LogP contribution in [-0.4, -0.2) is 21.9 Å². The maximum Gasteiger partial charge on any atom is 0.212 e. The molecule has 2 aromatic heterocycles. The van der Waals surface area contributed by atoms with E-state index in [0.29, 0.717) is 0 Å². The minimum atomic E-state index is -0.480. The van der Waals surface area contributed by atoms with E-state index in [2.05, 4.69) is 16.1 Å². The topological polar surface area (TPSA) is 39.9 Å². The number of pyridine rings is 1. The molecular weight excluding hydrogens is 341 g/mol. The third kappa shape index (κ3) is 3.31. The van der Waals surface area contributed by atoms with Gasteiger partial charge in [0.25, 0.3) is 0 Å². The zero-order valence-electron chi connectivity index (χ0n) is 15.1. The van der Waals surface area contributed by atoms with Gasteiger partial charge in [0.15, 0.2) is 0 Å². The summed E-state index contributed by atoms with van der Waals surface area (Å²) in [6, 6.07) is 19.1. The van der Waals surface area contributed by atoms with Crippen molar-refractivity contribution in [3.63, 3.8) is 0 Å². The molecule has 0 aliphatic carbocycles. The van der Waals surface area contributed by atoms with Crippen molar-refractivity contribution < 1.29 is 9.13 Å². The number of aromatic nitrogens is 3. The third-order valence-corrected chi connectivity index (χ3v) is 4.51. The summed E-state index contributed by atoms with van der Waals surface area (Å²) in [7, 11) is 1.67. The second-order valence-electron chi connectivity index (χ2n) is 6.23. The average molecular weight is 359 g/mol. The highest BCUT2D eigenvalue weighted by molar-refractivity contribution is 5.67. The van der Waals surface area contributed by atoms with Crippen molar-refractivity contribution >= 4 is 0 Å². The fourth-order valence-electron chi connectivity index (χ4n) is 3.11. The monoisotopic (exact) mass is 359 g/mol. The zero-order chi connectivity index (χ0) is 18.8. The molecule has 0 saturated carbocycles. The SMILES string of the molecule is COc1ccc(-c2ccnn2-c2ccc(-c3ccc(F)nc3)cc2)cc1C. The Hall–Kier alpha value is -3.47. The highest BCUT2D eigenvalue weighted by Crippen LogP contribution is 2.28. The molecule has 4 aromatic rings. The van der Waals surface area contributed by atoms with E-state index in [1.165, 1.54) is 12.3 Å². The summed E-state index contributed by atoms with van der Waals surface area (Å²) in [5.74, 6) is 0.383. The molecule has 0 spiro atoms. The molecule has 0 aliphatic heterocycles. The summed E-state index contributed by atoms with van der Waals surface area (Å²) < 4.78 is 20.2. The minimum absolute atomic E-state index is 0.480. The Bertz CT molecular complexity index is 1070. The Kier molecular flexibility index (Phi) is 4.42. The van der Waals surface area contributed by atoms with Crippen molar-refractivity contribution in [3.05, 3.63) is 84.6 Å². The molecule has 0 bridgehead atoms. The normalized spacial score (nSPS) is 10.8. The number of benzene rings is 2. The van der Waals surface area contributed by atoms with Gasteiger partial charge in [0.1, 0.15) is 5.75 Å². The molecule has 4 rings (SSSR count). The summed E-state index contributed by atoms with van der Waals surface area (Å²) in [5, 5.41) is 4.47. The summed E-state index contributed by atoms with van der Waals surface area (Å²) in [6.07, 6.45) is 3.32. The van der Waals surface area contributed by atoms with Gasteiger partial charge in [-0.25, -0.2) is 9.67 Å². The van der Waals surface area contributed by atoms with E-state index in [-0.39, 0.29) is 0 Å². The van der Waals surface area contributed by atoms with Crippen molar-refractivity contribution in [3.8, 4) is 33.8 Å². The van der Waals surface area contributed by atoms with Crippen LogP contribution in [0.5, 0.6) is 5.75 Å². The molecule has 0 saturated heterocycles. The Labute approximate surface area is 156 Å². The Balaban J connectivity index is 1.68. The first-order chi connectivity index (χ1) is 13.2. The molecule has 4 nitrogen and oxygen atoms in total. The predicted molar refractivity (Wildman–Crippen MR) is 103 cm³/mol.